The van der Waals surface area contributed by atoms with Crippen molar-refractivity contribution in [3.63, 3.8) is 0 Å². The number of hydrogen-bond donors (Lipinski definition) is 0. The summed E-state index contributed by atoms with van der Waals surface area (Å²) in [4.78, 5) is 0. The van der Waals surface area contributed by atoms with E-state index >= 15 is 0 Å². The maximum Gasteiger partial charge on any atom is 0 e. The molecule has 19 heavy (non-hydrogen) atoms. The quantitative estimate of drug-likeness (QED) is 0.428. The molecule has 1 aromatic rings. The molecule has 0 aliphatic heterocycles. The van der Waals surface area contributed by atoms with Crippen LogP contribution in [0.4, 0.5) is 0 Å². The van der Waals surface area contributed by atoms with Crippen LogP contribution in [0.3, 0.4) is 0 Å². The second-order valence-electron chi connectivity index (χ2n) is 3.02. The molecule has 0 bridgehead atoms. The van der Waals surface area contributed by atoms with Gasteiger partial charge in [0.25, 0.3) is 0 Å². The molecule has 1 heteroatoms. The summed E-state index contributed by atoms with van der Waals surface area (Å²) >= 11 is 0. The summed E-state index contributed by atoms with van der Waals surface area (Å²) in [5, 5.41) is 0. The number of benzene rings is 1. The van der Waals surface area contributed by atoms with Gasteiger partial charge in [0.1, 0.15) is 0 Å². The summed E-state index contributed by atoms with van der Waals surface area (Å²) in [5.74, 6) is 0. The van der Waals surface area contributed by atoms with Crippen molar-refractivity contribution in [2.75, 3.05) is 0 Å². The topological polar surface area (TPSA) is 0 Å². The van der Waals surface area contributed by atoms with Crippen molar-refractivity contribution in [3.05, 3.63) is 96.8 Å². The number of hydrogen-bond acceptors (Lipinski definition) is 0. The van der Waals surface area contributed by atoms with Gasteiger partial charge in [-0.05, 0) is 0 Å². The van der Waals surface area contributed by atoms with E-state index in [9.17, 15) is 0 Å². The second-order valence-corrected chi connectivity index (χ2v) is 3.02. The Morgan fingerprint density at radius 1 is 0.895 bits per heavy atom. The molecule has 0 nitrogen and oxygen atoms in total. The maximum absolute atomic E-state index is 3.17. The Hall–Kier alpha value is -0.586. The molecule has 1 aliphatic carbocycles. The summed E-state index contributed by atoms with van der Waals surface area (Å²) in [5.41, 5.74) is 2.43. The monoisotopic (exact) mass is 293 g/mol. The van der Waals surface area contributed by atoms with Gasteiger partial charge in [0.2, 0.25) is 0 Å². The third kappa shape index (κ3) is 19.9. The van der Waals surface area contributed by atoms with Crippen molar-refractivity contribution in [2.24, 2.45) is 0 Å². The van der Waals surface area contributed by atoms with Crippen molar-refractivity contribution in [1.29, 1.82) is 0 Å². The first kappa shape index (κ1) is 36.2. The predicted molar refractivity (Wildman–Crippen MR) is 88.4 cm³/mol. The van der Waals surface area contributed by atoms with Gasteiger partial charge in [-0.2, -0.15) is 41.5 Å². The van der Waals surface area contributed by atoms with E-state index in [2.05, 4.69) is 18.2 Å². The standard InChI is InChI=1S/C8H9.C5H5.5CH3.Ti/c1-7-4-3-5-8(2)6-7;1-2-4-5-3-1;;;;;;/h3-5H,1-2H3;1-3H,4H2;5*1H3;/q7*-1;. The average molecular weight is 293 g/mol. The number of rotatable bonds is 0. The number of aryl methyl sites for hydroxylation is 2. The molecule has 0 fully saturated rings. The molecular formula is C18H29Ti-7. The second kappa shape index (κ2) is 22.6. The molecule has 0 aromatic heterocycles. The van der Waals surface area contributed by atoms with Crippen LogP contribution in [0, 0.1) is 63.1 Å². The molecule has 112 valence electrons. The Morgan fingerprint density at radius 3 is 1.53 bits per heavy atom. The van der Waals surface area contributed by atoms with E-state index in [4.69, 9.17) is 0 Å². The largest absolute Gasteiger partial charge is 0.358 e. The van der Waals surface area contributed by atoms with E-state index in [0.29, 0.717) is 0 Å². The van der Waals surface area contributed by atoms with Crippen LogP contribution in [0.1, 0.15) is 17.5 Å². The maximum atomic E-state index is 3.17. The summed E-state index contributed by atoms with van der Waals surface area (Å²) in [6, 6.07) is 9.31. The van der Waals surface area contributed by atoms with Crippen molar-refractivity contribution >= 4 is 0 Å². The van der Waals surface area contributed by atoms with Crippen LogP contribution >= 0.6 is 0 Å². The molecule has 0 saturated carbocycles. The first-order valence-corrected chi connectivity index (χ1v) is 4.46. The van der Waals surface area contributed by atoms with Gasteiger partial charge in [0.15, 0.2) is 0 Å². The molecule has 0 heterocycles. The van der Waals surface area contributed by atoms with Crippen molar-refractivity contribution in [1.82, 2.24) is 0 Å². The summed E-state index contributed by atoms with van der Waals surface area (Å²) in [6.45, 7) is 4.10. The minimum atomic E-state index is 0. The molecule has 0 radical (unpaired) electrons. The Balaban J connectivity index is -0.0000000352. The predicted octanol–water partition coefficient (Wildman–Crippen LogP) is 5.66. The van der Waals surface area contributed by atoms with E-state index in [0.717, 1.165) is 6.42 Å². The van der Waals surface area contributed by atoms with Crippen LogP contribution in [0.2, 0.25) is 0 Å². The SMILES string of the molecule is Cc1[c-]c(C)ccc1.[C-]1=CC=CC1.[CH3-].[CH3-].[CH3-].[CH3-].[CH3-].[Ti]. The Labute approximate surface area is 138 Å². The van der Waals surface area contributed by atoms with E-state index in [1.54, 1.807) is 0 Å². The zero-order chi connectivity index (χ0) is 9.52. The minimum Gasteiger partial charge on any atom is -0.358 e. The van der Waals surface area contributed by atoms with Gasteiger partial charge >= 0.3 is 0 Å². The van der Waals surface area contributed by atoms with Gasteiger partial charge in [-0.25, -0.2) is 12.2 Å². The van der Waals surface area contributed by atoms with Crippen molar-refractivity contribution in [2.45, 2.75) is 20.3 Å². The van der Waals surface area contributed by atoms with Crippen LogP contribution in [0.5, 0.6) is 0 Å². The molecular weight excluding hydrogens is 264 g/mol. The van der Waals surface area contributed by atoms with E-state index in [1.807, 2.05) is 44.2 Å². The molecule has 0 N–H and O–H groups in total. The Kier molecular flexibility index (Phi) is 43.1. The van der Waals surface area contributed by atoms with E-state index in [-0.39, 0.29) is 58.9 Å². The van der Waals surface area contributed by atoms with Crippen LogP contribution in [0.25, 0.3) is 0 Å². The van der Waals surface area contributed by atoms with Gasteiger partial charge in [-0.3, -0.25) is 6.08 Å². The van der Waals surface area contributed by atoms with Crippen LogP contribution in [-0.2, 0) is 21.7 Å². The van der Waals surface area contributed by atoms with Gasteiger partial charge in [-0.15, -0.1) is 6.42 Å². The Bertz CT molecular complexity index is 284. The van der Waals surface area contributed by atoms with Crippen molar-refractivity contribution < 1.29 is 21.7 Å². The van der Waals surface area contributed by atoms with Gasteiger partial charge in [-0.1, -0.05) is 13.8 Å². The molecule has 0 unspecified atom stereocenters. The average Bonchev–Trinajstić information content (AvgIpc) is 2.59. The van der Waals surface area contributed by atoms with Crippen LogP contribution < -0.4 is 0 Å². The first-order chi connectivity index (χ1) is 6.29. The molecule has 0 spiro atoms. The van der Waals surface area contributed by atoms with Gasteiger partial charge in [0.05, 0.1) is 0 Å². The fourth-order valence-corrected chi connectivity index (χ4v) is 1.07. The zero-order valence-corrected chi connectivity index (χ0v) is 15.2. The fourth-order valence-electron chi connectivity index (χ4n) is 1.07. The zero-order valence-electron chi connectivity index (χ0n) is 13.7. The van der Waals surface area contributed by atoms with E-state index in [1.165, 1.54) is 11.1 Å². The number of allylic oxidation sites excluding steroid dienone is 4. The molecule has 1 aromatic carbocycles. The fraction of sp³-hybridized carbons (Fsp3) is 0.167. The summed E-state index contributed by atoms with van der Waals surface area (Å²) < 4.78 is 0. The first-order valence-electron chi connectivity index (χ1n) is 4.46. The third-order valence-electron chi connectivity index (χ3n) is 1.67. The smallest absolute Gasteiger partial charge is 0 e. The van der Waals surface area contributed by atoms with Gasteiger partial charge < -0.3 is 37.1 Å². The van der Waals surface area contributed by atoms with Crippen LogP contribution in [0.15, 0.2) is 36.4 Å². The summed E-state index contributed by atoms with van der Waals surface area (Å²) in [7, 11) is 0. The van der Waals surface area contributed by atoms with Crippen molar-refractivity contribution in [3.8, 4) is 0 Å². The van der Waals surface area contributed by atoms with Crippen LogP contribution in [-0.4, -0.2) is 0 Å². The minimum absolute atomic E-state index is 0. The molecule has 2 rings (SSSR count). The third-order valence-corrected chi connectivity index (χ3v) is 1.67. The molecule has 0 atom stereocenters. The molecule has 1 aliphatic rings. The molecule has 0 saturated heterocycles. The normalized spacial score (nSPS) is 8.53. The van der Waals surface area contributed by atoms with Gasteiger partial charge in [0, 0.05) is 21.7 Å². The Morgan fingerprint density at radius 2 is 1.37 bits per heavy atom. The van der Waals surface area contributed by atoms with E-state index < -0.39 is 0 Å². The summed E-state index contributed by atoms with van der Waals surface area (Å²) in [6.07, 6.45) is 10.0. The molecule has 0 amide bonds.